The number of ether oxygens (including phenoxy) is 1. The van der Waals surface area contributed by atoms with Crippen molar-refractivity contribution in [2.75, 3.05) is 6.61 Å². The van der Waals surface area contributed by atoms with Gasteiger partial charge in [-0.05, 0) is 18.2 Å². The molecule has 0 aliphatic rings. The van der Waals surface area contributed by atoms with Crippen molar-refractivity contribution in [2.24, 2.45) is 0 Å². The first kappa shape index (κ1) is 14.8. The number of benzene rings is 1. The van der Waals surface area contributed by atoms with Crippen LogP contribution in [0.25, 0.3) is 0 Å². The third kappa shape index (κ3) is 4.84. The van der Waals surface area contributed by atoms with Crippen LogP contribution < -0.4 is 15.6 Å². The van der Waals surface area contributed by atoms with Crippen LogP contribution in [-0.4, -0.2) is 29.5 Å². The number of nitrogens with one attached hydrogen (secondary N) is 2. The second-order valence-corrected chi connectivity index (χ2v) is 3.90. The van der Waals surface area contributed by atoms with E-state index in [1.807, 2.05) is 0 Å². The summed E-state index contributed by atoms with van der Waals surface area (Å²) in [5, 5.41) is 9.20. The third-order valence-corrected chi connectivity index (χ3v) is 2.15. The monoisotopic (exact) mass is 286 g/mol. The molecular formula is C11H11ClN2O5. The Morgan fingerprint density at radius 2 is 2.00 bits per heavy atom. The molecule has 0 aliphatic carbocycles. The fraction of sp³-hybridized carbons (Fsp3) is 0.182. The van der Waals surface area contributed by atoms with E-state index in [1.54, 1.807) is 0 Å². The van der Waals surface area contributed by atoms with Crippen LogP contribution in [0.3, 0.4) is 0 Å². The van der Waals surface area contributed by atoms with Crippen molar-refractivity contribution in [1.29, 1.82) is 0 Å². The van der Waals surface area contributed by atoms with Gasteiger partial charge in [-0.15, -0.1) is 0 Å². The highest BCUT2D eigenvalue weighted by Crippen LogP contribution is 2.23. The van der Waals surface area contributed by atoms with E-state index in [0.717, 1.165) is 0 Å². The molecule has 0 radical (unpaired) electrons. The molecule has 0 aliphatic heterocycles. The number of halogens is 1. The fourth-order valence-electron chi connectivity index (χ4n) is 1.13. The Morgan fingerprint density at radius 3 is 2.58 bits per heavy atom. The number of rotatable bonds is 4. The SMILES string of the molecule is CC(=O)NNC(=O)COc1cc(Cl)ccc1C(=O)O. The van der Waals surface area contributed by atoms with Gasteiger partial charge in [-0.3, -0.25) is 20.4 Å². The summed E-state index contributed by atoms with van der Waals surface area (Å²) in [5.41, 5.74) is 4.03. The summed E-state index contributed by atoms with van der Waals surface area (Å²) in [6.07, 6.45) is 0. The first-order chi connectivity index (χ1) is 8.90. The van der Waals surface area contributed by atoms with Gasteiger partial charge in [-0.1, -0.05) is 11.6 Å². The van der Waals surface area contributed by atoms with Crippen molar-refractivity contribution in [1.82, 2.24) is 10.9 Å². The van der Waals surface area contributed by atoms with Crippen molar-refractivity contribution < 1.29 is 24.2 Å². The summed E-state index contributed by atoms with van der Waals surface area (Å²) >= 11 is 5.71. The lowest BCUT2D eigenvalue weighted by atomic mass is 10.2. The highest BCUT2D eigenvalue weighted by Gasteiger charge is 2.13. The molecule has 0 saturated heterocycles. The molecule has 1 rings (SSSR count). The van der Waals surface area contributed by atoms with E-state index in [4.69, 9.17) is 21.4 Å². The van der Waals surface area contributed by atoms with Gasteiger partial charge in [0.05, 0.1) is 0 Å². The van der Waals surface area contributed by atoms with Crippen LogP contribution in [-0.2, 0) is 9.59 Å². The molecule has 3 N–H and O–H groups in total. The molecule has 0 atom stereocenters. The molecule has 0 fully saturated rings. The second-order valence-electron chi connectivity index (χ2n) is 3.46. The third-order valence-electron chi connectivity index (χ3n) is 1.91. The maximum absolute atomic E-state index is 11.3. The predicted molar refractivity (Wildman–Crippen MR) is 65.9 cm³/mol. The molecular weight excluding hydrogens is 276 g/mol. The van der Waals surface area contributed by atoms with Crippen LogP contribution in [0.1, 0.15) is 17.3 Å². The van der Waals surface area contributed by atoms with Crippen LogP contribution in [0.4, 0.5) is 0 Å². The molecule has 0 bridgehead atoms. The zero-order valence-electron chi connectivity index (χ0n) is 9.90. The zero-order chi connectivity index (χ0) is 14.4. The van der Waals surface area contributed by atoms with E-state index in [1.165, 1.54) is 25.1 Å². The first-order valence-corrected chi connectivity index (χ1v) is 5.49. The number of carboxylic acid groups (broad SMARTS) is 1. The van der Waals surface area contributed by atoms with Gasteiger partial charge in [0.25, 0.3) is 5.91 Å². The summed E-state index contributed by atoms with van der Waals surface area (Å²) in [6.45, 7) is 0.765. The number of hydrazine groups is 1. The van der Waals surface area contributed by atoms with E-state index >= 15 is 0 Å². The highest BCUT2D eigenvalue weighted by molar-refractivity contribution is 6.30. The summed E-state index contributed by atoms with van der Waals surface area (Å²) in [4.78, 5) is 32.7. The molecule has 0 spiro atoms. The van der Waals surface area contributed by atoms with Crippen LogP contribution >= 0.6 is 11.6 Å². The van der Waals surface area contributed by atoms with Gasteiger partial charge >= 0.3 is 5.97 Å². The standard InChI is InChI=1S/C11H11ClN2O5/c1-6(15)13-14-10(16)5-19-9-4-7(12)2-3-8(9)11(17)18/h2-4H,5H2,1H3,(H,13,15)(H,14,16)(H,17,18). The molecule has 8 heteroatoms. The van der Waals surface area contributed by atoms with E-state index in [0.29, 0.717) is 0 Å². The minimum Gasteiger partial charge on any atom is -0.483 e. The zero-order valence-corrected chi connectivity index (χ0v) is 10.7. The minimum absolute atomic E-state index is 0.0297. The molecule has 19 heavy (non-hydrogen) atoms. The van der Waals surface area contributed by atoms with E-state index in [9.17, 15) is 14.4 Å². The lowest BCUT2D eigenvalue weighted by molar-refractivity contribution is -0.129. The van der Waals surface area contributed by atoms with Gasteiger partial charge < -0.3 is 9.84 Å². The van der Waals surface area contributed by atoms with Crippen molar-refractivity contribution in [3.05, 3.63) is 28.8 Å². The van der Waals surface area contributed by atoms with Gasteiger partial charge in [0.1, 0.15) is 11.3 Å². The van der Waals surface area contributed by atoms with Crippen molar-refractivity contribution in [2.45, 2.75) is 6.92 Å². The Hall–Kier alpha value is -2.28. The topological polar surface area (TPSA) is 105 Å². The van der Waals surface area contributed by atoms with E-state index < -0.39 is 24.4 Å². The Balaban J connectivity index is 2.66. The van der Waals surface area contributed by atoms with Crippen LogP contribution in [0.2, 0.25) is 5.02 Å². The predicted octanol–water partition coefficient (Wildman–Crippen LogP) is 0.584. The van der Waals surface area contributed by atoms with Crippen LogP contribution in [0.15, 0.2) is 18.2 Å². The summed E-state index contributed by atoms with van der Waals surface area (Å²) in [6, 6.07) is 3.96. The van der Waals surface area contributed by atoms with Gasteiger partial charge in [0.2, 0.25) is 5.91 Å². The van der Waals surface area contributed by atoms with E-state index in [2.05, 4.69) is 10.9 Å². The Kier molecular flexibility index (Phi) is 5.13. The fourth-order valence-corrected chi connectivity index (χ4v) is 1.29. The lowest BCUT2D eigenvalue weighted by Gasteiger charge is -2.09. The van der Waals surface area contributed by atoms with Gasteiger partial charge in [0.15, 0.2) is 6.61 Å². The first-order valence-electron chi connectivity index (χ1n) is 5.11. The number of hydrogen-bond acceptors (Lipinski definition) is 4. The number of amides is 2. The van der Waals surface area contributed by atoms with Crippen molar-refractivity contribution in [3.63, 3.8) is 0 Å². The number of aromatic carboxylic acids is 1. The minimum atomic E-state index is -1.20. The summed E-state index contributed by atoms with van der Waals surface area (Å²) < 4.78 is 5.04. The molecule has 7 nitrogen and oxygen atoms in total. The van der Waals surface area contributed by atoms with Crippen LogP contribution in [0, 0.1) is 0 Å². The lowest BCUT2D eigenvalue weighted by Crippen LogP contribution is -2.42. The molecule has 1 aromatic carbocycles. The number of carbonyl (C=O) groups excluding carboxylic acids is 2. The Bertz CT molecular complexity index is 518. The average molecular weight is 287 g/mol. The number of carbonyl (C=O) groups is 3. The molecule has 0 saturated carbocycles. The molecule has 1 aromatic rings. The summed E-state index contributed by atoms with van der Waals surface area (Å²) in [7, 11) is 0. The Morgan fingerprint density at radius 1 is 1.32 bits per heavy atom. The smallest absolute Gasteiger partial charge is 0.339 e. The second kappa shape index (κ2) is 6.60. The quantitative estimate of drug-likeness (QED) is 0.703. The molecule has 102 valence electrons. The molecule has 0 heterocycles. The van der Waals surface area contributed by atoms with E-state index in [-0.39, 0.29) is 16.3 Å². The highest BCUT2D eigenvalue weighted by atomic mass is 35.5. The maximum Gasteiger partial charge on any atom is 0.339 e. The van der Waals surface area contributed by atoms with Crippen molar-refractivity contribution in [3.8, 4) is 5.75 Å². The average Bonchev–Trinajstić information content (AvgIpc) is 2.33. The van der Waals surface area contributed by atoms with Crippen molar-refractivity contribution >= 4 is 29.4 Å². The molecule has 0 aromatic heterocycles. The number of carboxylic acids is 1. The van der Waals surface area contributed by atoms with Gasteiger partial charge in [0, 0.05) is 11.9 Å². The largest absolute Gasteiger partial charge is 0.483 e. The molecule has 0 unspecified atom stereocenters. The van der Waals surface area contributed by atoms with Gasteiger partial charge in [-0.2, -0.15) is 0 Å². The summed E-state index contributed by atoms with van der Waals surface area (Å²) in [5.74, 6) is -2.30. The normalized spacial score (nSPS) is 9.58. The maximum atomic E-state index is 11.3. The van der Waals surface area contributed by atoms with Gasteiger partial charge in [-0.25, -0.2) is 4.79 Å². The molecule has 2 amide bonds. The number of hydrogen-bond donors (Lipinski definition) is 3. The van der Waals surface area contributed by atoms with Crippen LogP contribution in [0.5, 0.6) is 5.75 Å². The Labute approximate surface area is 113 Å².